The zero-order valence-corrected chi connectivity index (χ0v) is 15.2. The highest BCUT2D eigenvalue weighted by Crippen LogP contribution is 2.27. The highest BCUT2D eigenvalue weighted by Gasteiger charge is 2.24. The first kappa shape index (κ1) is 18.5. The number of hydrogen-bond acceptors (Lipinski definition) is 4. The SMILES string of the molecule is O=C(CNC(=O)c1cccc(F)c1)NCC(c1cccs1)N1CCCC1. The Bertz CT molecular complexity index is 745. The lowest BCUT2D eigenvalue weighted by Crippen LogP contribution is -2.41. The van der Waals surface area contributed by atoms with Crippen LogP contribution in [0.4, 0.5) is 4.39 Å². The number of amides is 2. The van der Waals surface area contributed by atoms with E-state index in [9.17, 15) is 14.0 Å². The molecule has 138 valence electrons. The van der Waals surface area contributed by atoms with Gasteiger partial charge < -0.3 is 10.6 Å². The molecule has 2 N–H and O–H groups in total. The van der Waals surface area contributed by atoms with E-state index in [-0.39, 0.29) is 24.1 Å². The number of halogens is 1. The average Bonchev–Trinajstić information content (AvgIpc) is 3.34. The fraction of sp³-hybridized carbons (Fsp3) is 0.368. The van der Waals surface area contributed by atoms with Crippen LogP contribution in [0.1, 0.15) is 34.1 Å². The highest BCUT2D eigenvalue weighted by molar-refractivity contribution is 7.10. The molecule has 1 aliphatic rings. The van der Waals surface area contributed by atoms with Crippen molar-refractivity contribution in [3.05, 3.63) is 58.0 Å². The summed E-state index contributed by atoms with van der Waals surface area (Å²) in [5, 5.41) is 7.47. The lowest BCUT2D eigenvalue weighted by molar-refractivity contribution is -0.120. The van der Waals surface area contributed by atoms with Crippen molar-refractivity contribution in [2.45, 2.75) is 18.9 Å². The summed E-state index contributed by atoms with van der Waals surface area (Å²) in [7, 11) is 0. The van der Waals surface area contributed by atoms with Gasteiger partial charge in [-0.2, -0.15) is 0 Å². The Morgan fingerprint density at radius 3 is 2.65 bits per heavy atom. The smallest absolute Gasteiger partial charge is 0.251 e. The van der Waals surface area contributed by atoms with Gasteiger partial charge in [0, 0.05) is 17.0 Å². The minimum absolute atomic E-state index is 0.132. The maximum Gasteiger partial charge on any atom is 0.251 e. The van der Waals surface area contributed by atoms with Crippen LogP contribution in [-0.2, 0) is 4.79 Å². The summed E-state index contributed by atoms with van der Waals surface area (Å²) >= 11 is 1.69. The van der Waals surface area contributed by atoms with Crippen molar-refractivity contribution in [3.63, 3.8) is 0 Å². The van der Waals surface area contributed by atoms with Gasteiger partial charge in [0.25, 0.3) is 5.91 Å². The standard InChI is InChI=1S/C19H22FN3O2S/c20-15-6-3-5-14(11-15)19(25)22-13-18(24)21-12-16(17-7-4-10-26-17)23-8-1-2-9-23/h3-7,10-11,16H,1-2,8-9,12-13H2,(H,21,24)(H,22,25). The predicted molar refractivity (Wildman–Crippen MR) is 99.6 cm³/mol. The summed E-state index contributed by atoms with van der Waals surface area (Å²) in [5.41, 5.74) is 0.200. The Morgan fingerprint density at radius 1 is 1.15 bits per heavy atom. The molecule has 5 nitrogen and oxygen atoms in total. The monoisotopic (exact) mass is 375 g/mol. The molecule has 2 aromatic rings. The van der Waals surface area contributed by atoms with Crippen LogP contribution in [0.3, 0.4) is 0 Å². The number of carbonyl (C=O) groups is 2. The molecule has 2 amide bonds. The van der Waals surface area contributed by atoms with E-state index in [0.717, 1.165) is 19.2 Å². The Hall–Kier alpha value is -2.25. The van der Waals surface area contributed by atoms with Crippen molar-refractivity contribution >= 4 is 23.2 Å². The number of thiophene rings is 1. The molecule has 1 atom stereocenters. The van der Waals surface area contributed by atoms with E-state index in [0.29, 0.717) is 6.54 Å². The molecule has 0 aliphatic carbocycles. The Balaban J connectivity index is 1.50. The normalized spacial score (nSPS) is 15.6. The van der Waals surface area contributed by atoms with Gasteiger partial charge >= 0.3 is 0 Å². The highest BCUT2D eigenvalue weighted by atomic mass is 32.1. The molecule has 1 aliphatic heterocycles. The number of nitrogens with one attached hydrogen (secondary N) is 2. The third-order valence-electron chi connectivity index (χ3n) is 4.44. The summed E-state index contributed by atoms with van der Waals surface area (Å²) in [6, 6.07) is 9.67. The third kappa shape index (κ3) is 4.89. The fourth-order valence-corrected chi connectivity index (χ4v) is 3.97. The number of benzene rings is 1. The molecule has 1 fully saturated rings. The quantitative estimate of drug-likeness (QED) is 0.782. The number of hydrogen-bond donors (Lipinski definition) is 2. The minimum Gasteiger partial charge on any atom is -0.353 e. The van der Waals surface area contributed by atoms with Gasteiger partial charge in [-0.3, -0.25) is 14.5 Å². The maximum atomic E-state index is 13.2. The first-order valence-electron chi connectivity index (χ1n) is 8.71. The summed E-state index contributed by atoms with van der Waals surface area (Å²) in [4.78, 5) is 27.7. The Kier molecular flexibility index (Phi) is 6.35. The van der Waals surface area contributed by atoms with E-state index in [1.165, 1.54) is 35.9 Å². The molecule has 2 heterocycles. The Labute approximate surface area is 156 Å². The second-order valence-corrected chi connectivity index (χ2v) is 7.25. The summed E-state index contributed by atoms with van der Waals surface area (Å²) in [6.45, 7) is 2.45. The van der Waals surface area contributed by atoms with Crippen molar-refractivity contribution < 1.29 is 14.0 Å². The van der Waals surface area contributed by atoms with Crippen molar-refractivity contribution in [1.29, 1.82) is 0 Å². The molecule has 1 saturated heterocycles. The molecule has 1 unspecified atom stereocenters. The fourth-order valence-electron chi connectivity index (χ4n) is 3.11. The van der Waals surface area contributed by atoms with E-state index in [1.807, 2.05) is 11.4 Å². The molecule has 3 rings (SSSR count). The number of nitrogens with zero attached hydrogens (tertiary/aromatic N) is 1. The average molecular weight is 375 g/mol. The first-order valence-corrected chi connectivity index (χ1v) is 9.59. The summed E-state index contributed by atoms with van der Waals surface area (Å²) < 4.78 is 13.2. The topological polar surface area (TPSA) is 61.4 Å². The molecular formula is C19H22FN3O2S. The molecule has 1 aromatic carbocycles. The van der Waals surface area contributed by atoms with Gasteiger partial charge in [0.1, 0.15) is 5.82 Å². The van der Waals surface area contributed by atoms with Crippen molar-refractivity contribution in [3.8, 4) is 0 Å². The van der Waals surface area contributed by atoms with Crippen LogP contribution < -0.4 is 10.6 Å². The molecule has 0 spiro atoms. The van der Waals surface area contributed by atoms with Gasteiger partial charge in [-0.15, -0.1) is 11.3 Å². The summed E-state index contributed by atoms with van der Waals surface area (Å²) in [5.74, 6) is -1.20. The van der Waals surface area contributed by atoms with Crippen molar-refractivity contribution in [1.82, 2.24) is 15.5 Å². The minimum atomic E-state index is -0.480. The third-order valence-corrected chi connectivity index (χ3v) is 5.42. The first-order chi connectivity index (χ1) is 12.6. The lowest BCUT2D eigenvalue weighted by Gasteiger charge is -2.26. The van der Waals surface area contributed by atoms with Crippen LogP contribution in [0.25, 0.3) is 0 Å². The molecular weight excluding hydrogens is 353 g/mol. The molecule has 0 bridgehead atoms. The number of carbonyl (C=O) groups excluding carboxylic acids is 2. The van der Waals surface area contributed by atoms with E-state index >= 15 is 0 Å². The predicted octanol–water partition coefficient (Wildman–Crippen LogP) is 2.57. The van der Waals surface area contributed by atoms with Gasteiger partial charge in [-0.05, 0) is 55.6 Å². The van der Waals surface area contributed by atoms with Crippen LogP contribution in [0, 0.1) is 5.82 Å². The van der Waals surface area contributed by atoms with Crippen LogP contribution in [-0.4, -0.2) is 42.9 Å². The van der Waals surface area contributed by atoms with Crippen LogP contribution >= 0.6 is 11.3 Å². The van der Waals surface area contributed by atoms with E-state index in [1.54, 1.807) is 11.3 Å². The Morgan fingerprint density at radius 2 is 1.96 bits per heavy atom. The van der Waals surface area contributed by atoms with Gasteiger partial charge in [0.05, 0.1) is 12.6 Å². The van der Waals surface area contributed by atoms with Crippen molar-refractivity contribution in [2.24, 2.45) is 0 Å². The van der Waals surface area contributed by atoms with E-state index in [2.05, 4.69) is 21.6 Å². The van der Waals surface area contributed by atoms with Gasteiger partial charge in [-0.1, -0.05) is 12.1 Å². The van der Waals surface area contributed by atoms with Crippen LogP contribution in [0.2, 0.25) is 0 Å². The molecule has 0 saturated carbocycles. The van der Waals surface area contributed by atoms with Gasteiger partial charge in [-0.25, -0.2) is 4.39 Å². The van der Waals surface area contributed by atoms with E-state index < -0.39 is 11.7 Å². The zero-order chi connectivity index (χ0) is 18.4. The molecule has 26 heavy (non-hydrogen) atoms. The number of rotatable bonds is 7. The molecule has 0 radical (unpaired) electrons. The summed E-state index contributed by atoms with van der Waals surface area (Å²) in [6.07, 6.45) is 2.36. The maximum absolute atomic E-state index is 13.2. The van der Waals surface area contributed by atoms with Crippen LogP contribution in [0.15, 0.2) is 41.8 Å². The second-order valence-electron chi connectivity index (χ2n) is 6.27. The largest absolute Gasteiger partial charge is 0.353 e. The number of likely N-dealkylation sites (tertiary alicyclic amines) is 1. The van der Waals surface area contributed by atoms with Gasteiger partial charge in [0.2, 0.25) is 5.91 Å². The van der Waals surface area contributed by atoms with Gasteiger partial charge in [0.15, 0.2) is 0 Å². The molecule has 1 aromatic heterocycles. The van der Waals surface area contributed by atoms with Crippen molar-refractivity contribution in [2.75, 3.05) is 26.2 Å². The zero-order valence-electron chi connectivity index (χ0n) is 14.4. The van der Waals surface area contributed by atoms with Crippen LogP contribution in [0.5, 0.6) is 0 Å². The second kappa shape index (κ2) is 8.91. The molecule has 7 heteroatoms. The van der Waals surface area contributed by atoms with E-state index in [4.69, 9.17) is 0 Å². The lowest BCUT2D eigenvalue weighted by atomic mass is 10.2.